The van der Waals surface area contributed by atoms with E-state index in [0.29, 0.717) is 11.3 Å². The zero-order valence-electron chi connectivity index (χ0n) is 12.4. The van der Waals surface area contributed by atoms with Crippen molar-refractivity contribution in [2.75, 3.05) is 0 Å². The molecule has 0 aliphatic rings. The minimum atomic E-state index is -0.348. The summed E-state index contributed by atoms with van der Waals surface area (Å²) in [6, 6.07) is 8.08. The molecule has 3 aromatic rings. The van der Waals surface area contributed by atoms with Crippen molar-refractivity contribution in [2.45, 2.75) is 23.4 Å². The summed E-state index contributed by atoms with van der Waals surface area (Å²) in [5.74, 6) is 0.312. The molecule has 0 saturated heterocycles. The van der Waals surface area contributed by atoms with Crippen LogP contribution in [0.2, 0.25) is 0 Å². The van der Waals surface area contributed by atoms with Crippen LogP contribution in [0.3, 0.4) is 0 Å². The van der Waals surface area contributed by atoms with Crippen molar-refractivity contribution in [3.63, 3.8) is 0 Å². The van der Waals surface area contributed by atoms with Gasteiger partial charge in [0, 0.05) is 23.0 Å². The predicted octanol–water partition coefficient (Wildman–Crippen LogP) is 2.90. The molecule has 3 heterocycles. The quantitative estimate of drug-likeness (QED) is 0.723. The average Bonchev–Trinajstić information content (AvgIpc) is 3.04. The van der Waals surface area contributed by atoms with Gasteiger partial charge in [-0.25, -0.2) is 4.98 Å². The highest BCUT2D eigenvalue weighted by Crippen LogP contribution is 2.31. The van der Waals surface area contributed by atoms with Gasteiger partial charge in [0.1, 0.15) is 6.07 Å². The van der Waals surface area contributed by atoms with Crippen molar-refractivity contribution >= 4 is 34.5 Å². The number of hydrogen-bond acceptors (Lipinski definition) is 5. The maximum Gasteiger partial charge on any atom is 0.222 e. The summed E-state index contributed by atoms with van der Waals surface area (Å²) in [5.41, 5.74) is 8.68. The van der Waals surface area contributed by atoms with Gasteiger partial charge in [0.15, 0.2) is 4.34 Å². The maximum atomic E-state index is 11.0. The number of rotatable bonds is 5. The molecule has 5 nitrogen and oxygen atoms in total. The minimum Gasteiger partial charge on any atom is -0.369 e. The number of hydrogen-bond donors (Lipinski definition) is 1. The Kier molecular flexibility index (Phi) is 4.37. The number of thioether (sulfide) groups is 1. The Labute approximate surface area is 141 Å². The van der Waals surface area contributed by atoms with Gasteiger partial charge in [-0.3, -0.25) is 4.79 Å². The average molecular weight is 342 g/mol. The SMILES string of the molecule is Cc1nc(SCc2cn3ccccc3c2C#N)sc1CC(N)=O. The van der Waals surface area contributed by atoms with E-state index >= 15 is 0 Å². The topological polar surface area (TPSA) is 84.2 Å². The zero-order valence-corrected chi connectivity index (χ0v) is 14.1. The first-order valence-corrected chi connectivity index (χ1v) is 8.74. The minimum absolute atomic E-state index is 0.226. The van der Waals surface area contributed by atoms with Gasteiger partial charge in [0.25, 0.3) is 0 Å². The van der Waals surface area contributed by atoms with Crippen LogP contribution in [0.5, 0.6) is 0 Å². The highest BCUT2D eigenvalue weighted by Gasteiger charge is 2.13. The van der Waals surface area contributed by atoms with E-state index in [1.165, 1.54) is 11.3 Å². The third-order valence-electron chi connectivity index (χ3n) is 3.43. The first-order chi connectivity index (χ1) is 11.1. The molecule has 7 heteroatoms. The van der Waals surface area contributed by atoms with E-state index in [9.17, 15) is 10.1 Å². The number of thiazole rings is 1. The van der Waals surface area contributed by atoms with Crippen LogP contribution in [-0.2, 0) is 17.0 Å². The number of nitrogens with zero attached hydrogens (tertiary/aromatic N) is 3. The molecule has 2 N–H and O–H groups in total. The van der Waals surface area contributed by atoms with Crippen LogP contribution >= 0.6 is 23.1 Å². The van der Waals surface area contributed by atoms with Crippen LogP contribution in [-0.4, -0.2) is 15.3 Å². The normalized spacial score (nSPS) is 10.8. The molecule has 0 bridgehead atoms. The summed E-state index contributed by atoms with van der Waals surface area (Å²) in [5, 5.41) is 9.41. The fourth-order valence-electron chi connectivity index (χ4n) is 2.34. The van der Waals surface area contributed by atoms with Crippen molar-refractivity contribution in [3.8, 4) is 6.07 Å². The van der Waals surface area contributed by atoms with Crippen LogP contribution in [0, 0.1) is 18.3 Å². The van der Waals surface area contributed by atoms with Gasteiger partial charge in [-0.15, -0.1) is 11.3 Å². The van der Waals surface area contributed by atoms with E-state index in [2.05, 4.69) is 11.1 Å². The number of carbonyl (C=O) groups is 1. The van der Waals surface area contributed by atoms with Crippen LogP contribution in [0.4, 0.5) is 0 Å². The Morgan fingerprint density at radius 2 is 2.35 bits per heavy atom. The number of nitriles is 1. The lowest BCUT2D eigenvalue weighted by Gasteiger charge is -1.95. The molecular formula is C16H14N4OS2. The summed E-state index contributed by atoms with van der Waals surface area (Å²) in [7, 11) is 0. The van der Waals surface area contributed by atoms with Crippen LogP contribution in [0.15, 0.2) is 34.9 Å². The van der Waals surface area contributed by atoms with E-state index < -0.39 is 0 Å². The molecule has 0 spiro atoms. The highest BCUT2D eigenvalue weighted by molar-refractivity contribution is 8.00. The standard InChI is InChI=1S/C16H14N4OS2/c1-10-14(6-15(18)21)23-16(19-10)22-9-11-8-20-5-3-2-4-13(20)12(11)7-17/h2-5,8H,6,9H2,1H3,(H2,18,21). The van der Waals surface area contributed by atoms with Crippen molar-refractivity contribution in [3.05, 3.63) is 52.3 Å². The lowest BCUT2D eigenvalue weighted by atomic mass is 10.2. The molecule has 3 rings (SSSR count). The molecule has 0 radical (unpaired) electrons. The smallest absolute Gasteiger partial charge is 0.222 e. The Morgan fingerprint density at radius 3 is 3.09 bits per heavy atom. The molecule has 23 heavy (non-hydrogen) atoms. The zero-order chi connectivity index (χ0) is 16.4. The monoisotopic (exact) mass is 342 g/mol. The number of nitrogens with two attached hydrogens (primary N) is 1. The molecular weight excluding hydrogens is 328 g/mol. The van der Waals surface area contributed by atoms with E-state index in [4.69, 9.17) is 5.73 Å². The van der Waals surface area contributed by atoms with E-state index in [1.807, 2.05) is 41.9 Å². The summed E-state index contributed by atoms with van der Waals surface area (Å²) < 4.78 is 2.85. The Bertz CT molecular complexity index is 920. The highest BCUT2D eigenvalue weighted by atomic mass is 32.2. The lowest BCUT2D eigenvalue weighted by molar-refractivity contribution is -0.117. The number of amides is 1. The summed E-state index contributed by atoms with van der Waals surface area (Å²) in [6.07, 6.45) is 4.14. The number of primary amides is 1. The number of aromatic nitrogens is 2. The molecule has 0 aliphatic carbocycles. The Hall–Kier alpha value is -2.30. The molecule has 3 aromatic heterocycles. The summed E-state index contributed by atoms with van der Waals surface area (Å²) in [4.78, 5) is 16.4. The second-order valence-electron chi connectivity index (χ2n) is 5.05. The van der Waals surface area contributed by atoms with Gasteiger partial charge in [-0.05, 0) is 24.6 Å². The largest absolute Gasteiger partial charge is 0.369 e. The number of aryl methyl sites for hydroxylation is 1. The Morgan fingerprint density at radius 1 is 1.52 bits per heavy atom. The molecule has 0 fully saturated rings. The van der Waals surface area contributed by atoms with Crippen molar-refractivity contribution in [2.24, 2.45) is 5.73 Å². The first kappa shape index (κ1) is 15.6. The fraction of sp³-hybridized carbons (Fsp3) is 0.188. The summed E-state index contributed by atoms with van der Waals surface area (Å²) in [6.45, 7) is 1.88. The molecule has 0 aromatic carbocycles. The third-order valence-corrected chi connectivity index (χ3v) is 5.78. The molecule has 0 unspecified atom stereocenters. The molecule has 116 valence electrons. The van der Waals surface area contributed by atoms with E-state index in [1.54, 1.807) is 11.8 Å². The van der Waals surface area contributed by atoms with Gasteiger partial charge >= 0.3 is 0 Å². The van der Waals surface area contributed by atoms with Gasteiger partial charge in [-0.2, -0.15) is 5.26 Å². The van der Waals surface area contributed by atoms with Gasteiger partial charge in [-0.1, -0.05) is 17.8 Å². The van der Waals surface area contributed by atoms with E-state index in [0.717, 1.165) is 26.0 Å². The number of pyridine rings is 1. The third kappa shape index (κ3) is 3.23. The van der Waals surface area contributed by atoms with Gasteiger partial charge < -0.3 is 10.1 Å². The number of fused-ring (bicyclic) bond motifs is 1. The van der Waals surface area contributed by atoms with Crippen molar-refractivity contribution in [1.29, 1.82) is 5.26 Å². The fourth-order valence-corrected chi connectivity index (χ4v) is 4.56. The second kappa shape index (κ2) is 6.44. The van der Waals surface area contributed by atoms with Gasteiger partial charge in [0.05, 0.1) is 23.2 Å². The molecule has 1 amide bonds. The summed E-state index contributed by atoms with van der Waals surface area (Å²) >= 11 is 3.06. The second-order valence-corrected chi connectivity index (χ2v) is 7.36. The van der Waals surface area contributed by atoms with Crippen LogP contribution in [0.1, 0.15) is 21.7 Å². The van der Waals surface area contributed by atoms with E-state index in [-0.39, 0.29) is 12.3 Å². The predicted molar refractivity (Wildman–Crippen MR) is 91.4 cm³/mol. The molecule has 0 saturated carbocycles. The lowest BCUT2D eigenvalue weighted by Crippen LogP contribution is -2.13. The molecule has 0 atom stereocenters. The van der Waals surface area contributed by atoms with Crippen LogP contribution < -0.4 is 5.73 Å². The number of carbonyl (C=O) groups excluding carboxylic acids is 1. The van der Waals surface area contributed by atoms with Crippen molar-refractivity contribution < 1.29 is 4.79 Å². The first-order valence-electron chi connectivity index (χ1n) is 6.94. The Balaban J connectivity index is 1.81. The van der Waals surface area contributed by atoms with Crippen molar-refractivity contribution in [1.82, 2.24) is 9.38 Å². The molecule has 0 aliphatic heterocycles. The maximum absolute atomic E-state index is 11.0. The van der Waals surface area contributed by atoms with Gasteiger partial charge in [0.2, 0.25) is 5.91 Å². The van der Waals surface area contributed by atoms with Crippen LogP contribution in [0.25, 0.3) is 5.52 Å².